The third-order valence-electron chi connectivity index (χ3n) is 13.6. The Balaban J connectivity index is 1.06. The fourth-order valence-corrected chi connectivity index (χ4v) is 13.7. The second kappa shape index (κ2) is 14.4. The monoisotopic (exact) mass is 847 g/mol. The number of aromatic nitrogens is 5. The minimum atomic E-state index is -1.96. The number of rotatable bonds is 6. The predicted molar refractivity (Wildman–Crippen MR) is 272 cm³/mol. The van der Waals surface area contributed by atoms with Crippen molar-refractivity contribution in [2.24, 2.45) is 0 Å². The molecule has 0 aliphatic carbocycles. The number of hydrogen-bond donors (Lipinski definition) is 0. The Morgan fingerprint density at radius 2 is 0.877 bits per heavy atom. The summed E-state index contributed by atoms with van der Waals surface area (Å²) < 4.78 is 4.85. The molecule has 1 aliphatic heterocycles. The normalized spacial score (nSPS) is 12.9. The number of nitrogens with zero attached hydrogens (tertiary/aromatic N) is 5. The largest absolute Gasteiger partial charge is 0.309 e. The van der Waals surface area contributed by atoms with Gasteiger partial charge in [-0.2, -0.15) is 0 Å². The van der Waals surface area contributed by atoms with E-state index in [9.17, 15) is 0 Å². The van der Waals surface area contributed by atoms with Gasteiger partial charge in [0.15, 0.2) is 17.5 Å². The lowest BCUT2D eigenvalue weighted by molar-refractivity contribution is 1.07. The summed E-state index contributed by atoms with van der Waals surface area (Å²) in [5.74, 6) is 1.93. The van der Waals surface area contributed by atoms with E-state index >= 15 is 0 Å². The Hall–Kier alpha value is -8.19. The maximum Gasteiger partial charge on any atom is 0.164 e. The van der Waals surface area contributed by atoms with E-state index in [0.29, 0.717) is 17.5 Å². The molecule has 0 atom stereocenters. The zero-order valence-electron chi connectivity index (χ0n) is 35.9. The van der Waals surface area contributed by atoms with Crippen LogP contribution in [0.4, 0.5) is 0 Å². The van der Waals surface area contributed by atoms with Gasteiger partial charge >= 0.3 is 0 Å². The Morgan fingerprint density at radius 1 is 0.338 bits per heavy atom. The Bertz CT molecular complexity index is 3810. The maximum absolute atomic E-state index is 5.44. The standard InChI is InChI=1S/C59H41N5Si/c1-65(2)54-31-16-12-24-45(54)46-34-32-40(36-55(46)65)58-60-57(39-20-7-4-8-21-39)61-59(62-58)48-37-41(33-35-42(48)38-18-5-3-6-19-38)63-51-28-15-11-25-47(51)56-52(63)29-17-30-53(56)64-49-26-13-9-22-43(49)44-23-10-14-27-50(44)64/h3-37H,1-2H3. The van der Waals surface area contributed by atoms with Crippen LogP contribution >= 0.6 is 0 Å². The molecule has 0 fully saturated rings. The van der Waals surface area contributed by atoms with E-state index in [0.717, 1.165) is 50.2 Å². The number of para-hydroxylation sites is 3. The van der Waals surface area contributed by atoms with Crippen LogP contribution in [-0.4, -0.2) is 32.2 Å². The summed E-state index contributed by atoms with van der Waals surface area (Å²) >= 11 is 0. The van der Waals surface area contributed by atoms with Crippen LogP contribution in [0.15, 0.2) is 212 Å². The van der Waals surface area contributed by atoms with Crippen molar-refractivity contribution < 1.29 is 0 Å². The first kappa shape index (κ1) is 37.4. The Labute approximate surface area is 377 Å². The van der Waals surface area contributed by atoms with Crippen molar-refractivity contribution in [1.29, 1.82) is 0 Å². The van der Waals surface area contributed by atoms with Gasteiger partial charge in [0.1, 0.15) is 8.07 Å². The lowest BCUT2D eigenvalue weighted by atomic mass is 9.98. The zero-order valence-corrected chi connectivity index (χ0v) is 36.9. The molecule has 0 unspecified atom stereocenters. The number of benzene rings is 9. The minimum Gasteiger partial charge on any atom is -0.309 e. The fourth-order valence-electron chi connectivity index (χ4n) is 10.6. The Kier molecular flexibility index (Phi) is 8.29. The molecule has 5 nitrogen and oxygen atoms in total. The van der Waals surface area contributed by atoms with Crippen molar-refractivity contribution in [3.63, 3.8) is 0 Å². The van der Waals surface area contributed by atoms with Gasteiger partial charge in [-0.1, -0.05) is 183 Å². The molecule has 0 saturated heterocycles. The quantitative estimate of drug-likeness (QED) is 0.157. The van der Waals surface area contributed by atoms with Crippen molar-refractivity contribution in [2.45, 2.75) is 13.1 Å². The van der Waals surface area contributed by atoms with Crippen LogP contribution in [0.25, 0.3) is 111 Å². The number of hydrogen-bond acceptors (Lipinski definition) is 3. The van der Waals surface area contributed by atoms with Gasteiger partial charge in [-0.3, -0.25) is 0 Å². The molecule has 0 saturated carbocycles. The maximum atomic E-state index is 5.44. The highest BCUT2D eigenvalue weighted by Gasteiger charge is 2.37. The lowest BCUT2D eigenvalue weighted by Gasteiger charge is -2.19. The molecule has 0 amide bonds. The van der Waals surface area contributed by atoms with Crippen LogP contribution in [0, 0.1) is 0 Å². The second-order valence-corrected chi connectivity index (χ2v) is 21.9. The van der Waals surface area contributed by atoms with Crippen LogP contribution in [0.5, 0.6) is 0 Å². The summed E-state index contributed by atoms with van der Waals surface area (Å²) in [7, 11) is -1.96. The van der Waals surface area contributed by atoms with Gasteiger partial charge in [-0.05, 0) is 75.1 Å². The van der Waals surface area contributed by atoms with E-state index in [-0.39, 0.29) is 0 Å². The molecule has 3 aromatic heterocycles. The summed E-state index contributed by atoms with van der Waals surface area (Å²) in [5.41, 5.74) is 14.5. The third kappa shape index (κ3) is 5.74. The van der Waals surface area contributed by atoms with Gasteiger partial charge in [0.05, 0.1) is 27.8 Å². The van der Waals surface area contributed by atoms with Crippen molar-refractivity contribution in [3.05, 3.63) is 212 Å². The topological polar surface area (TPSA) is 48.5 Å². The van der Waals surface area contributed by atoms with Crippen molar-refractivity contribution >= 4 is 62.1 Å². The summed E-state index contributed by atoms with van der Waals surface area (Å²) in [6.07, 6.45) is 0. The molecule has 6 heteroatoms. The van der Waals surface area contributed by atoms with E-state index in [1.165, 1.54) is 54.1 Å². The highest BCUT2D eigenvalue weighted by atomic mass is 28.3. The first-order chi connectivity index (χ1) is 32.0. The molecule has 0 radical (unpaired) electrons. The molecule has 13 rings (SSSR count). The van der Waals surface area contributed by atoms with Gasteiger partial charge in [0.2, 0.25) is 0 Å². The molecule has 0 bridgehead atoms. The second-order valence-electron chi connectivity index (χ2n) is 17.6. The van der Waals surface area contributed by atoms with Gasteiger partial charge in [0.25, 0.3) is 0 Å². The molecule has 0 N–H and O–H groups in total. The average molecular weight is 848 g/mol. The smallest absolute Gasteiger partial charge is 0.164 e. The molecule has 4 heterocycles. The summed E-state index contributed by atoms with van der Waals surface area (Å²) in [5, 5.41) is 7.76. The van der Waals surface area contributed by atoms with E-state index < -0.39 is 8.07 Å². The fraction of sp³-hybridized carbons (Fsp3) is 0.0339. The van der Waals surface area contributed by atoms with Crippen molar-refractivity contribution in [3.8, 4) is 67.8 Å². The van der Waals surface area contributed by atoms with Gasteiger partial charge in [-0.15, -0.1) is 0 Å². The van der Waals surface area contributed by atoms with Crippen molar-refractivity contribution in [2.75, 3.05) is 0 Å². The average Bonchev–Trinajstić information content (AvgIpc) is 3.97. The summed E-state index contributed by atoms with van der Waals surface area (Å²) in [6, 6.07) is 76.4. The van der Waals surface area contributed by atoms with E-state index in [1.807, 2.05) is 18.2 Å². The first-order valence-electron chi connectivity index (χ1n) is 22.3. The highest BCUT2D eigenvalue weighted by Crippen LogP contribution is 2.42. The summed E-state index contributed by atoms with van der Waals surface area (Å²) in [6.45, 7) is 4.90. The predicted octanol–water partition coefficient (Wildman–Crippen LogP) is 13.5. The number of fused-ring (bicyclic) bond motifs is 9. The van der Waals surface area contributed by atoms with Crippen LogP contribution in [0.2, 0.25) is 13.1 Å². The van der Waals surface area contributed by atoms with Crippen LogP contribution in [0.3, 0.4) is 0 Å². The van der Waals surface area contributed by atoms with E-state index in [4.69, 9.17) is 15.0 Å². The van der Waals surface area contributed by atoms with Crippen molar-refractivity contribution in [1.82, 2.24) is 24.1 Å². The molecule has 65 heavy (non-hydrogen) atoms. The van der Waals surface area contributed by atoms with Gasteiger partial charge < -0.3 is 9.13 Å². The minimum absolute atomic E-state index is 0.626. The SMILES string of the molecule is C[Si]1(C)c2ccccc2-c2ccc(-c3nc(-c4ccccc4)nc(-c4cc(-n5c6ccccc6c6c(-n7c8ccccc8c8ccccc87)cccc65)ccc4-c4ccccc4)n3)cc21. The summed E-state index contributed by atoms with van der Waals surface area (Å²) in [4.78, 5) is 16.0. The molecule has 12 aromatic rings. The highest BCUT2D eigenvalue weighted by molar-refractivity contribution is 7.03. The van der Waals surface area contributed by atoms with E-state index in [1.54, 1.807) is 0 Å². The van der Waals surface area contributed by atoms with E-state index in [2.05, 4.69) is 216 Å². The molecular weight excluding hydrogens is 807 g/mol. The van der Waals surface area contributed by atoms with Crippen LogP contribution in [0.1, 0.15) is 0 Å². The molecule has 9 aromatic carbocycles. The van der Waals surface area contributed by atoms with Gasteiger partial charge in [0, 0.05) is 43.9 Å². The molecule has 0 spiro atoms. The zero-order chi connectivity index (χ0) is 43.2. The van der Waals surface area contributed by atoms with Crippen LogP contribution < -0.4 is 10.4 Å². The first-order valence-corrected chi connectivity index (χ1v) is 25.3. The van der Waals surface area contributed by atoms with Crippen LogP contribution in [-0.2, 0) is 0 Å². The molecule has 306 valence electrons. The lowest BCUT2D eigenvalue weighted by Crippen LogP contribution is -2.49. The Morgan fingerprint density at radius 3 is 1.60 bits per heavy atom. The third-order valence-corrected chi connectivity index (χ3v) is 17.1. The molecule has 1 aliphatic rings. The van der Waals surface area contributed by atoms with Gasteiger partial charge in [-0.25, -0.2) is 15.0 Å². The molecular formula is C59H41N5Si.